The van der Waals surface area contributed by atoms with Crippen LogP contribution in [0, 0.1) is 0 Å². The third kappa shape index (κ3) is 2.59. The lowest BCUT2D eigenvalue weighted by Gasteiger charge is -2.21. The molecule has 1 rings (SSSR count). The minimum absolute atomic E-state index is 0.0500. The molecule has 1 aromatic heterocycles. The molecular formula is C10H16ClNO3S. The van der Waals surface area contributed by atoms with Crippen molar-refractivity contribution in [1.82, 2.24) is 4.31 Å². The highest BCUT2D eigenvalue weighted by atomic mass is 35.5. The highest BCUT2D eigenvalue weighted by Gasteiger charge is 2.27. The monoisotopic (exact) mass is 265 g/mol. The Morgan fingerprint density at radius 1 is 1.50 bits per heavy atom. The van der Waals surface area contributed by atoms with Crippen LogP contribution in [0.3, 0.4) is 0 Å². The molecule has 1 aromatic rings. The number of sulfonamides is 1. The third-order valence-corrected chi connectivity index (χ3v) is 4.72. The van der Waals surface area contributed by atoms with Crippen LogP contribution in [0.15, 0.2) is 21.6 Å². The largest absolute Gasteiger partial charge is 0.447 e. The molecular weight excluding hydrogens is 250 g/mol. The van der Waals surface area contributed by atoms with Gasteiger partial charge in [0.15, 0.2) is 0 Å². The van der Waals surface area contributed by atoms with Crippen molar-refractivity contribution < 1.29 is 12.8 Å². The lowest BCUT2D eigenvalue weighted by molar-refractivity contribution is 0.353. The molecule has 4 nitrogen and oxygen atoms in total. The van der Waals surface area contributed by atoms with Crippen molar-refractivity contribution in [2.24, 2.45) is 0 Å². The van der Waals surface area contributed by atoms with E-state index in [0.717, 1.165) is 6.42 Å². The molecule has 0 bridgehead atoms. The lowest BCUT2D eigenvalue weighted by atomic mass is 10.3. The van der Waals surface area contributed by atoms with E-state index in [0.29, 0.717) is 5.76 Å². The minimum Gasteiger partial charge on any atom is -0.447 e. The second kappa shape index (κ2) is 5.21. The van der Waals surface area contributed by atoms with Crippen molar-refractivity contribution in [1.29, 1.82) is 0 Å². The number of rotatable bonds is 5. The van der Waals surface area contributed by atoms with Crippen LogP contribution in [0.2, 0.25) is 0 Å². The zero-order chi connectivity index (χ0) is 12.3. The van der Waals surface area contributed by atoms with Gasteiger partial charge in [-0.1, -0.05) is 6.92 Å². The van der Waals surface area contributed by atoms with Gasteiger partial charge in [-0.05, 0) is 25.5 Å². The van der Waals surface area contributed by atoms with E-state index in [9.17, 15) is 8.42 Å². The first-order valence-corrected chi connectivity index (χ1v) is 7.03. The van der Waals surface area contributed by atoms with Crippen LogP contribution in [0.1, 0.15) is 26.0 Å². The Morgan fingerprint density at radius 2 is 2.12 bits per heavy atom. The van der Waals surface area contributed by atoms with Gasteiger partial charge < -0.3 is 4.42 Å². The summed E-state index contributed by atoms with van der Waals surface area (Å²) in [7, 11) is -1.98. The summed E-state index contributed by atoms with van der Waals surface area (Å²) >= 11 is 5.56. The molecule has 1 unspecified atom stereocenters. The van der Waals surface area contributed by atoms with Crippen LogP contribution < -0.4 is 0 Å². The van der Waals surface area contributed by atoms with Gasteiger partial charge in [0.05, 0.1) is 5.88 Å². The number of nitrogens with zero attached hydrogens (tertiary/aromatic N) is 1. The number of furan rings is 1. The molecule has 0 saturated carbocycles. The second-order valence-electron chi connectivity index (χ2n) is 3.63. The zero-order valence-electron chi connectivity index (χ0n) is 9.60. The standard InChI is InChI=1S/C10H16ClNO3S/c1-4-8(2)12(3)16(13,14)10-6-5-9(7-11)15-10/h5-6,8H,4,7H2,1-3H3. The van der Waals surface area contributed by atoms with Gasteiger partial charge in [0, 0.05) is 13.1 Å². The molecule has 6 heteroatoms. The van der Waals surface area contributed by atoms with E-state index in [1.54, 1.807) is 13.1 Å². The molecule has 0 saturated heterocycles. The van der Waals surface area contributed by atoms with Gasteiger partial charge in [0.1, 0.15) is 5.76 Å². The first kappa shape index (κ1) is 13.5. The lowest BCUT2D eigenvalue weighted by Crippen LogP contribution is -2.34. The fourth-order valence-electron chi connectivity index (χ4n) is 1.20. The van der Waals surface area contributed by atoms with Gasteiger partial charge >= 0.3 is 0 Å². The second-order valence-corrected chi connectivity index (χ2v) is 5.83. The Morgan fingerprint density at radius 3 is 2.56 bits per heavy atom. The third-order valence-electron chi connectivity index (χ3n) is 2.61. The van der Waals surface area contributed by atoms with Crippen molar-refractivity contribution in [3.05, 3.63) is 17.9 Å². The summed E-state index contributed by atoms with van der Waals surface area (Å²) in [6.45, 7) is 3.78. The maximum Gasteiger partial charge on any atom is 0.276 e. The fraction of sp³-hybridized carbons (Fsp3) is 0.600. The van der Waals surface area contributed by atoms with E-state index in [-0.39, 0.29) is 17.0 Å². The van der Waals surface area contributed by atoms with Crippen LogP contribution in [0.4, 0.5) is 0 Å². The fourth-order valence-corrected chi connectivity index (χ4v) is 2.71. The van der Waals surface area contributed by atoms with Crippen LogP contribution in [-0.2, 0) is 15.9 Å². The number of alkyl halides is 1. The van der Waals surface area contributed by atoms with Crippen molar-refractivity contribution in [3.8, 4) is 0 Å². The molecule has 0 spiro atoms. The topological polar surface area (TPSA) is 50.5 Å². The molecule has 0 aliphatic carbocycles. The maximum atomic E-state index is 12.1. The molecule has 0 N–H and O–H groups in total. The van der Waals surface area contributed by atoms with Crippen LogP contribution >= 0.6 is 11.6 Å². The average Bonchev–Trinajstić information content (AvgIpc) is 2.75. The summed E-state index contributed by atoms with van der Waals surface area (Å²) in [5.41, 5.74) is 0. The highest BCUT2D eigenvalue weighted by molar-refractivity contribution is 7.89. The van der Waals surface area contributed by atoms with Crippen LogP contribution in [-0.4, -0.2) is 25.8 Å². The quantitative estimate of drug-likeness (QED) is 0.769. The smallest absolute Gasteiger partial charge is 0.276 e. The normalized spacial score (nSPS) is 14.3. The Bertz CT molecular complexity index is 441. The molecule has 0 aromatic carbocycles. The SMILES string of the molecule is CCC(C)N(C)S(=O)(=O)c1ccc(CCl)o1. The summed E-state index contributed by atoms with van der Waals surface area (Å²) in [5.74, 6) is 0.626. The molecule has 1 atom stereocenters. The van der Waals surface area contributed by atoms with E-state index in [1.165, 1.54) is 10.4 Å². The predicted molar refractivity (Wildman–Crippen MR) is 63.0 cm³/mol. The molecule has 0 radical (unpaired) electrons. The van der Waals surface area contributed by atoms with Crippen molar-refractivity contribution in [2.75, 3.05) is 7.05 Å². The van der Waals surface area contributed by atoms with Crippen LogP contribution in [0.5, 0.6) is 0 Å². The number of hydrogen-bond acceptors (Lipinski definition) is 3. The van der Waals surface area contributed by atoms with E-state index in [1.807, 2.05) is 13.8 Å². The van der Waals surface area contributed by atoms with Gasteiger partial charge in [-0.25, -0.2) is 8.42 Å². The summed E-state index contributed by atoms with van der Waals surface area (Å²) < 4.78 is 30.6. The Labute approximate surface area is 101 Å². The van der Waals surface area contributed by atoms with E-state index < -0.39 is 10.0 Å². The Balaban J connectivity index is 3.01. The summed E-state index contributed by atoms with van der Waals surface area (Å²) in [5, 5.41) is -0.0500. The summed E-state index contributed by atoms with van der Waals surface area (Å²) in [6, 6.07) is 2.95. The average molecular weight is 266 g/mol. The molecule has 0 aliphatic rings. The highest BCUT2D eigenvalue weighted by Crippen LogP contribution is 2.21. The minimum atomic E-state index is -3.53. The Kier molecular flexibility index (Phi) is 4.41. The molecule has 16 heavy (non-hydrogen) atoms. The molecule has 0 amide bonds. The van der Waals surface area contributed by atoms with E-state index in [2.05, 4.69) is 0 Å². The van der Waals surface area contributed by atoms with Crippen molar-refractivity contribution in [2.45, 2.75) is 37.3 Å². The van der Waals surface area contributed by atoms with E-state index in [4.69, 9.17) is 16.0 Å². The van der Waals surface area contributed by atoms with Gasteiger partial charge in [0.25, 0.3) is 10.0 Å². The molecule has 92 valence electrons. The summed E-state index contributed by atoms with van der Waals surface area (Å²) in [4.78, 5) is 0. The van der Waals surface area contributed by atoms with Crippen LogP contribution in [0.25, 0.3) is 0 Å². The van der Waals surface area contributed by atoms with Gasteiger partial charge in [0.2, 0.25) is 5.09 Å². The number of halogens is 1. The van der Waals surface area contributed by atoms with Gasteiger partial charge in [-0.2, -0.15) is 4.31 Å². The van der Waals surface area contributed by atoms with E-state index >= 15 is 0 Å². The first-order valence-electron chi connectivity index (χ1n) is 5.06. The van der Waals surface area contributed by atoms with Crippen molar-refractivity contribution in [3.63, 3.8) is 0 Å². The Hall–Kier alpha value is -0.520. The van der Waals surface area contributed by atoms with Gasteiger partial charge in [-0.15, -0.1) is 11.6 Å². The maximum absolute atomic E-state index is 12.1. The predicted octanol–water partition coefficient (Wildman–Crippen LogP) is 2.44. The molecule has 1 heterocycles. The first-order chi connectivity index (χ1) is 7.43. The number of hydrogen-bond donors (Lipinski definition) is 0. The summed E-state index contributed by atoms with van der Waals surface area (Å²) in [6.07, 6.45) is 0.749. The zero-order valence-corrected chi connectivity index (χ0v) is 11.2. The van der Waals surface area contributed by atoms with Gasteiger partial charge in [-0.3, -0.25) is 0 Å². The molecule has 0 fully saturated rings. The van der Waals surface area contributed by atoms with Crippen molar-refractivity contribution >= 4 is 21.6 Å². The molecule has 0 aliphatic heterocycles.